The van der Waals surface area contributed by atoms with Crippen LogP contribution in [0.4, 0.5) is 0 Å². The van der Waals surface area contributed by atoms with E-state index in [-0.39, 0.29) is 16.3 Å². The summed E-state index contributed by atoms with van der Waals surface area (Å²) in [5.41, 5.74) is 0. The van der Waals surface area contributed by atoms with Crippen LogP contribution in [0, 0.1) is 0 Å². The average Bonchev–Trinajstić information content (AvgIpc) is 1.68. The zero-order valence-electron chi connectivity index (χ0n) is 4.18. The van der Waals surface area contributed by atoms with Crippen LogP contribution in [0.15, 0.2) is 0 Å². The quantitative estimate of drug-likeness (QED) is 0.544. The van der Waals surface area contributed by atoms with E-state index in [1.165, 1.54) is 0 Å². The lowest BCUT2D eigenvalue weighted by Gasteiger charge is -1.83. The van der Waals surface area contributed by atoms with Gasteiger partial charge in [-0.2, -0.15) is 0 Å². The second-order valence-corrected chi connectivity index (χ2v) is 1.86. The van der Waals surface area contributed by atoms with E-state index in [0.717, 1.165) is 6.42 Å². The van der Waals surface area contributed by atoms with Gasteiger partial charge in [-0.05, 0) is 6.42 Å². The summed E-state index contributed by atoms with van der Waals surface area (Å²) in [6, 6.07) is 0. The second kappa shape index (κ2) is 4.02. The number of aliphatic hydroxyl groups is 1. The van der Waals surface area contributed by atoms with E-state index in [4.69, 9.17) is 5.11 Å². The van der Waals surface area contributed by atoms with Crippen LogP contribution >= 0.6 is 0 Å². The molecule has 0 radical (unpaired) electrons. The Morgan fingerprint density at radius 3 is 2.57 bits per heavy atom. The zero-order valence-corrected chi connectivity index (χ0v) is 4.99. The van der Waals surface area contributed by atoms with Crippen LogP contribution in [0.3, 0.4) is 0 Å². The first-order valence-electron chi connectivity index (χ1n) is 2.16. The Hall–Kier alpha value is -0.150. The van der Waals surface area contributed by atoms with Crippen molar-refractivity contribution in [3.05, 3.63) is 0 Å². The van der Waals surface area contributed by atoms with E-state index >= 15 is 0 Å². The van der Waals surface area contributed by atoms with Crippen molar-refractivity contribution in [3.8, 4) is 0 Å². The Kier molecular flexibility index (Phi) is 3.93. The Morgan fingerprint density at radius 1 is 1.86 bits per heavy atom. The molecule has 0 bridgehead atoms. The Labute approximate surface area is 46.2 Å². The predicted molar refractivity (Wildman–Crippen MR) is 30.7 cm³/mol. The Bertz CT molecular complexity index is 93.9. The third kappa shape index (κ3) is 3.69. The van der Waals surface area contributed by atoms with Gasteiger partial charge in [0, 0.05) is 6.42 Å². The molecule has 0 aromatic heterocycles. The minimum absolute atomic E-state index is 0.0116. The van der Waals surface area contributed by atoms with Crippen molar-refractivity contribution in [1.29, 1.82) is 0 Å². The van der Waals surface area contributed by atoms with E-state index in [9.17, 15) is 4.21 Å². The molecule has 0 aromatic carbocycles. The van der Waals surface area contributed by atoms with Crippen LogP contribution in [0.25, 0.3) is 0 Å². The first kappa shape index (κ1) is 6.85. The molecular formula is C4H8O2S. The maximum Gasteiger partial charge on any atom is 0.142 e. The van der Waals surface area contributed by atoms with Crippen molar-refractivity contribution in [1.82, 2.24) is 0 Å². The molecule has 0 aromatic rings. The van der Waals surface area contributed by atoms with Crippen molar-refractivity contribution in [3.63, 3.8) is 0 Å². The molecule has 0 fully saturated rings. The number of aliphatic hydroxyl groups excluding tert-OH is 1. The van der Waals surface area contributed by atoms with E-state index in [2.05, 4.69) is 0 Å². The molecular weight excluding hydrogens is 112 g/mol. The molecule has 0 unspecified atom stereocenters. The van der Waals surface area contributed by atoms with Crippen molar-refractivity contribution in [2.24, 2.45) is 0 Å². The summed E-state index contributed by atoms with van der Waals surface area (Å²) in [6.07, 6.45) is 1.36. The lowest BCUT2D eigenvalue weighted by molar-refractivity contribution is 0.544. The van der Waals surface area contributed by atoms with Gasteiger partial charge in [0.2, 0.25) is 0 Å². The molecule has 0 amide bonds. The normalized spacial score (nSPS) is 8.29. The van der Waals surface area contributed by atoms with Gasteiger partial charge >= 0.3 is 0 Å². The van der Waals surface area contributed by atoms with Crippen LogP contribution in [0.2, 0.25) is 0 Å². The minimum Gasteiger partial charge on any atom is -0.353 e. The fraction of sp³-hybridized carbons (Fsp3) is 0.750. The summed E-state index contributed by atoms with van der Waals surface area (Å²) < 4.78 is 9.65. The summed E-state index contributed by atoms with van der Waals surface area (Å²) in [5, 5.41) is 8.41. The summed E-state index contributed by atoms with van der Waals surface area (Å²) in [7, 11) is 0. The fourth-order valence-corrected chi connectivity index (χ4v) is 0.543. The van der Waals surface area contributed by atoms with Gasteiger partial charge in [-0.3, -0.25) is 0 Å². The van der Waals surface area contributed by atoms with Crippen molar-refractivity contribution < 1.29 is 9.32 Å². The third-order valence-corrected chi connectivity index (χ3v) is 0.957. The smallest absolute Gasteiger partial charge is 0.142 e. The van der Waals surface area contributed by atoms with E-state index < -0.39 is 0 Å². The predicted octanol–water partition coefficient (Wildman–Crippen LogP) is 0.687. The summed E-state index contributed by atoms with van der Waals surface area (Å²) in [5.74, 6) is 0. The molecule has 0 aliphatic rings. The highest BCUT2D eigenvalue weighted by atomic mass is 32.1. The summed E-state index contributed by atoms with van der Waals surface area (Å²) in [6.45, 7) is 1.91. The average molecular weight is 120 g/mol. The van der Waals surface area contributed by atoms with Gasteiger partial charge in [0.25, 0.3) is 0 Å². The van der Waals surface area contributed by atoms with Crippen LogP contribution in [-0.4, -0.2) is 14.4 Å². The van der Waals surface area contributed by atoms with E-state index in [1.807, 2.05) is 6.92 Å². The van der Waals surface area contributed by atoms with Crippen LogP contribution in [-0.2, 0) is 11.3 Å². The molecule has 42 valence electrons. The molecule has 0 aliphatic carbocycles. The monoisotopic (exact) mass is 120 g/mol. The topological polar surface area (TPSA) is 37.3 Å². The highest BCUT2D eigenvalue weighted by Crippen LogP contribution is 1.83. The maximum atomic E-state index is 9.65. The minimum atomic E-state index is -0.0116. The fourth-order valence-electron chi connectivity index (χ4n) is 0.256. The van der Waals surface area contributed by atoms with Crippen molar-refractivity contribution >= 4 is 16.3 Å². The van der Waals surface area contributed by atoms with Gasteiger partial charge in [0.15, 0.2) is 0 Å². The Balaban J connectivity index is 3.37. The highest BCUT2D eigenvalue weighted by Gasteiger charge is 1.84. The van der Waals surface area contributed by atoms with Crippen LogP contribution in [0.5, 0.6) is 0 Å². The molecule has 0 heterocycles. The van der Waals surface area contributed by atoms with E-state index in [0.29, 0.717) is 6.42 Å². The zero-order chi connectivity index (χ0) is 5.70. The number of hydrogen-bond donors (Lipinski definition) is 1. The Morgan fingerprint density at radius 2 is 2.43 bits per heavy atom. The largest absolute Gasteiger partial charge is 0.353 e. The van der Waals surface area contributed by atoms with Gasteiger partial charge in [-0.25, -0.2) is 4.21 Å². The van der Waals surface area contributed by atoms with Gasteiger partial charge in [0.1, 0.15) is 16.3 Å². The van der Waals surface area contributed by atoms with Gasteiger partial charge in [-0.1, -0.05) is 6.92 Å². The maximum absolute atomic E-state index is 9.65. The summed E-state index contributed by atoms with van der Waals surface area (Å²) in [4.78, 5) is 0. The standard InChI is InChI=1S/C4H8O2S/c1-2-3-4(5)7-6/h5H,2-3H2,1H3. The molecule has 0 spiro atoms. The molecule has 0 saturated heterocycles. The molecule has 7 heavy (non-hydrogen) atoms. The second-order valence-electron chi connectivity index (χ2n) is 1.23. The lowest BCUT2D eigenvalue weighted by atomic mass is 10.4. The first-order chi connectivity index (χ1) is 3.31. The SMILES string of the molecule is CCCC(O)=S=O. The van der Waals surface area contributed by atoms with Gasteiger partial charge in [0.05, 0.1) is 0 Å². The highest BCUT2D eigenvalue weighted by molar-refractivity contribution is 7.66. The molecule has 0 atom stereocenters. The van der Waals surface area contributed by atoms with Crippen LogP contribution < -0.4 is 0 Å². The molecule has 0 rings (SSSR count). The summed E-state index contributed by atoms with van der Waals surface area (Å²) >= 11 is 0.172. The van der Waals surface area contributed by atoms with Gasteiger partial charge < -0.3 is 5.11 Å². The van der Waals surface area contributed by atoms with Crippen LogP contribution in [0.1, 0.15) is 19.8 Å². The number of hydrogen-bond acceptors (Lipinski definition) is 1. The molecule has 1 N–H and O–H groups in total. The third-order valence-electron chi connectivity index (χ3n) is 0.560. The number of rotatable bonds is 2. The van der Waals surface area contributed by atoms with Gasteiger partial charge in [-0.15, -0.1) is 0 Å². The molecule has 0 aliphatic heterocycles. The van der Waals surface area contributed by atoms with Crippen molar-refractivity contribution in [2.75, 3.05) is 0 Å². The molecule has 0 saturated carbocycles. The first-order valence-corrected chi connectivity index (χ1v) is 2.90. The van der Waals surface area contributed by atoms with E-state index in [1.54, 1.807) is 0 Å². The van der Waals surface area contributed by atoms with Crippen molar-refractivity contribution in [2.45, 2.75) is 19.8 Å². The molecule has 3 heteroatoms. The lowest BCUT2D eigenvalue weighted by Crippen LogP contribution is -1.91. The molecule has 2 nitrogen and oxygen atoms in total.